The van der Waals surface area contributed by atoms with Crippen LogP contribution in [-0.4, -0.2) is 33.5 Å². The zero-order chi connectivity index (χ0) is 22.0. The van der Waals surface area contributed by atoms with Gasteiger partial charge in [0.05, 0.1) is 30.7 Å². The van der Waals surface area contributed by atoms with E-state index in [2.05, 4.69) is 10.1 Å². The SMILES string of the molecule is CCCn1c(=O)c2ccccc2n(Cc2nc(-c3cc(OC)ccc3OC)no2)c1=O. The molecule has 0 aliphatic carbocycles. The fraction of sp³-hybridized carbons (Fsp3) is 0.273. The number of para-hydroxylation sites is 1. The van der Waals surface area contributed by atoms with Gasteiger partial charge in [-0.05, 0) is 36.8 Å². The van der Waals surface area contributed by atoms with Crippen molar-refractivity contribution >= 4 is 10.9 Å². The van der Waals surface area contributed by atoms with Gasteiger partial charge in [-0.2, -0.15) is 4.98 Å². The van der Waals surface area contributed by atoms with Crippen LogP contribution < -0.4 is 20.7 Å². The average Bonchev–Trinajstić information content (AvgIpc) is 3.27. The van der Waals surface area contributed by atoms with Crippen molar-refractivity contribution in [1.29, 1.82) is 0 Å². The molecule has 0 radical (unpaired) electrons. The zero-order valence-corrected chi connectivity index (χ0v) is 17.5. The minimum Gasteiger partial charge on any atom is -0.497 e. The van der Waals surface area contributed by atoms with E-state index in [1.807, 2.05) is 6.92 Å². The second-order valence-electron chi connectivity index (χ2n) is 6.92. The van der Waals surface area contributed by atoms with E-state index in [4.69, 9.17) is 14.0 Å². The Hall–Kier alpha value is -3.88. The maximum atomic E-state index is 13.1. The Bertz CT molecular complexity index is 1350. The number of aromatic nitrogens is 4. The molecular weight excluding hydrogens is 400 g/mol. The largest absolute Gasteiger partial charge is 0.497 e. The Morgan fingerprint density at radius 1 is 1.03 bits per heavy atom. The van der Waals surface area contributed by atoms with Crippen LogP contribution >= 0.6 is 0 Å². The molecule has 0 N–H and O–H groups in total. The van der Waals surface area contributed by atoms with E-state index < -0.39 is 5.69 Å². The number of benzene rings is 2. The molecule has 4 aromatic rings. The summed E-state index contributed by atoms with van der Waals surface area (Å²) in [4.78, 5) is 30.2. The van der Waals surface area contributed by atoms with Crippen LogP contribution in [0.4, 0.5) is 0 Å². The van der Waals surface area contributed by atoms with Gasteiger partial charge in [0.15, 0.2) is 0 Å². The summed E-state index contributed by atoms with van der Waals surface area (Å²) in [5.41, 5.74) is 0.406. The molecule has 31 heavy (non-hydrogen) atoms. The van der Waals surface area contributed by atoms with Gasteiger partial charge in [-0.3, -0.25) is 13.9 Å². The van der Waals surface area contributed by atoms with Crippen molar-refractivity contribution in [2.45, 2.75) is 26.4 Å². The van der Waals surface area contributed by atoms with E-state index in [9.17, 15) is 9.59 Å². The Labute approximate surface area is 177 Å². The topological polar surface area (TPSA) is 101 Å². The summed E-state index contributed by atoms with van der Waals surface area (Å²) < 4.78 is 18.8. The molecule has 0 aliphatic heterocycles. The molecule has 9 nitrogen and oxygen atoms in total. The standard InChI is InChI=1S/C22H22N4O5/c1-4-11-25-21(27)15-7-5-6-8-17(15)26(22(25)28)13-19-23-20(24-31-19)16-12-14(29-2)9-10-18(16)30-3/h5-10,12H,4,11,13H2,1-3H3. The second kappa shape index (κ2) is 8.47. The first-order valence-corrected chi connectivity index (χ1v) is 9.84. The van der Waals surface area contributed by atoms with Gasteiger partial charge in [-0.25, -0.2) is 4.79 Å². The fourth-order valence-electron chi connectivity index (χ4n) is 3.50. The van der Waals surface area contributed by atoms with Crippen LogP contribution in [0.3, 0.4) is 0 Å². The van der Waals surface area contributed by atoms with Crippen LogP contribution in [0.25, 0.3) is 22.3 Å². The maximum Gasteiger partial charge on any atom is 0.331 e. The predicted octanol–water partition coefficient (Wildman–Crippen LogP) is 2.69. The molecule has 160 valence electrons. The normalized spacial score (nSPS) is 11.1. The van der Waals surface area contributed by atoms with E-state index >= 15 is 0 Å². The molecule has 0 aliphatic rings. The summed E-state index contributed by atoms with van der Waals surface area (Å²) in [5, 5.41) is 4.51. The first-order valence-electron chi connectivity index (χ1n) is 9.84. The van der Waals surface area contributed by atoms with Gasteiger partial charge in [0.1, 0.15) is 18.0 Å². The molecule has 0 spiro atoms. The van der Waals surface area contributed by atoms with E-state index in [0.717, 1.165) is 0 Å². The number of nitrogens with zero attached hydrogens (tertiary/aromatic N) is 4. The van der Waals surface area contributed by atoms with Crippen LogP contribution in [-0.2, 0) is 13.1 Å². The van der Waals surface area contributed by atoms with Crippen molar-refractivity contribution in [2.75, 3.05) is 14.2 Å². The number of hydrogen-bond acceptors (Lipinski definition) is 7. The van der Waals surface area contributed by atoms with Gasteiger partial charge in [-0.1, -0.05) is 24.2 Å². The molecule has 2 aromatic heterocycles. The van der Waals surface area contributed by atoms with Gasteiger partial charge in [0.2, 0.25) is 11.7 Å². The number of hydrogen-bond donors (Lipinski definition) is 0. The van der Waals surface area contributed by atoms with Crippen LogP contribution in [0, 0.1) is 0 Å². The molecule has 0 bridgehead atoms. The average molecular weight is 422 g/mol. The molecule has 2 aromatic carbocycles. The summed E-state index contributed by atoms with van der Waals surface area (Å²) in [6, 6.07) is 12.3. The lowest BCUT2D eigenvalue weighted by Gasteiger charge is -2.12. The minimum atomic E-state index is -0.413. The van der Waals surface area contributed by atoms with Crippen molar-refractivity contribution in [3.63, 3.8) is 0 Å². The molecule has 0 unspecified atom stereocenters. The first kappa shape index (κ1) is 20.4. The van der Waals surface area contributed by atoms with Crippen LogP contribution in [0.5, 0.6) is 11.5 Å². The lowest BCUT2D eigenvalue weighted by molar-refractivity contribution is 0.368. The zero-order valence-electron chi connectivity index (χ0n) is 17.5. The van der Waals surface area contributed by atoms with Crippen molar-refractivity contribution < 1.29 is 14.0 Å². The Morgan fingerprint density at radius 3 is 2.58 bits per heavy atom. The third-order valence-electron chi connectivity index (χ3n) is 4.99. The summed E-state index contributed by atoms with van der Waals surface area (Å²) in [6.45, 7) is 2.28. The highest BCUT2D eigenvalue weighted by atomic mass is 16.5. The molecule has 9 heteroatoms. The van der Waals surface area contributed by atoms with Crippen LogP contribution in [0.1, 0.15) is 19.2 Å². The smallest absolute Gasteiger partial charge is 0.331 e. The molecule has 0 atom stereocenters. The Kier molecular flexibility index (Phi) is 5.57. The summed E-state index contributed by atoms with van der Waals surface area (Å²) in [7, 11) is 3.12. The minimum absolute atomic E-state index is 0.0304. The molecule has 0 saturated heterocycles. The number of ether oxygens (including phenoxy) is 2. The van der Waals surface area contributed by atoms with Gasteiger partial charge < -0.3 is 14.0 Å². The van der Waals surface area contributed by atoms with Crippen molar-refractivity contribution in [3.8, 4) is 22.9 Å². The van der Waals surface area contributed by atoms with Gasteiger partial charge in [0, 0.05) is 6.54 Å². The van der Waals surface area contributed by atoms with Crippen LogP contribution in [0.2, 0.25) is 0 Å². The molecular formula is C22H22N4O5. The van der Waals surface area contributed by atoms with Crippen LogP contribution in [0.15, 0.2) is 56.6 Å². The van der Waals surface area contributed by atoms with E-state index in [0.29, 0.717) is 46.8 Å². The highest BCUT2D eigenvalue weighted by Crippen LogP contribution is 2.31. The second-order valence-corrected chi connectivity index (χ2v) is 6.92. The monoisotopic (exact) mass is 422 g/mol. The third-order valence-corrected chi connectivity index (χ3v) is 4.99. The summed E-state index contributed by atoms with van der Waals surface area (Å²) >= 11 is 0. The lowest BCUT2D eigenvalue weighted by atomic mass is 10.2. The third kappa shape index (κ3) is 3.70. The number of fused-ring (bicyclic) bond motifs is 1. The lowest BCUT2D eigenvalue weighted by Crippen LogP contribution is -2.40. The molecule has 2 heterocycles. The Balaban J connectivity index is 1.80. The van der Waals surface area contributed by atoms with Gasteiger partial charge in [-0.15, -0.1) is 0 Å². The number of methoxy groups -OCH3 is 2. The van der Waals surface area contributed by atoms with E-state index in [-0.39, 0.29) is 18.0 Å². The van der Waals surface area contributed by atoms with E-state index in [1.54, 1.807) is 56.7 Å². The van der Waals surface area contributed by atoms with E-state index in [1.165, 1.54) is 9.13 Å². The van der Waals surface area contributed by atoms with Gasteiger partial charge in [0.25, 0.3) is 5.56 Å². The Morgan fingerprint density at radius 2 is 1.84 bits per heavy atom. The molecule has 4 rings (SSSR count). The first-order chi connectivity index (χ1) is 15.1. The molecule has 0 saturated carbocycles. The highest BCUT2D eigenvalue weighted by Gasteiger charge is 2.18. The fourth-order valence-corrected chi connectivity index (χ4v) is 3.50. The van der Waals surface area contributed by atoms with Crippen molar-refractivity contribution in [1.82, 2.24) is 19.3 Å². The molecule has 0 fully saturated rings. The van der Waals surface area contributed by atoms with Crippen molar-refractivity contribution in [2.24, 2.45) is 0 Å². The number of rotatable bonds is 7. The quantitative estimate of drug-likeness (QED) is 0.451. The summed E-state index contributed by atoms with van der Waals surface area (Å²) in [6.07, 6.45) is 0.661. The summed E-state index contributed by atoms with van der Waals surface area (Å²) in [5.74, 6) is 1.72. The molecule has 0 amide bonds. The predicted molar refractivity (Wildman–Crippen MR) is 115 cm³/mol. The maximum absolute atomic E-state index is 13.1. The van der Waals surface area contributed by atoms with Gasteiger partial charge >= 0.3 is 5.69 Å². The highest BCUT2D eigenvalue weighted by molar-refractivity contribution is 5.77. The van der Waals surface area contributed by atoms with Crippen molar-refractivity contribution in [3.05, 3.63) is 69.2 Å².